The Balaban J connectivity index is 2.75. The number of methoxy groups -OCH3 is 3. The van der Waals surface area contributed by atoms with Crippen LogP contribution < -0.4 is 10.7 Å². The first kappa shape index (κ1) is 23.7. The standard InChI is InChI=1S/C20H26N4O7/c1-12-14(16(26)29-4)20(18(27)30-5,21-15(25)13-10-8-7-9-11-13)17(23(2)3)24(12)22-19(28)31-6/h7-11,17H,1-6H3,(H,21,25)(H,22,28)/t17-,20-/m0/s1. The Kier molecular flexibility index (Phi) is 7.24. The van der Waals surface area contributed by atoms with Crippen LogP contribution in [-0.2, 0) is 23.8 Å². The fourth-order valence-corrected chi connectivity index (χ4v) is 3.62. The molecule has 0 aliphatic carbocycles. The molecular weight excluding hydrogens is 408 g/mol. The van der Waals surface area contributed by atoms with Gasteiger partial charge in [-0.1, -0.05) is 18.2 Å². The second-order valence-corrected chi connectivity index (χ2v) is 6.88. The number of rotatable bonds is 6. The minimum atomic E-state index is -2.04. The van der Waals surface area contributed by atoms with Gasteiger partial charge in [-0.2, -0.15) is 0 Å². The van der Waals surface area contributed by atoms with Crippen LogP contribution in [0.25, 0.3) is 0 Å². The largest absolute Gasteiger partial charge is 0.467 e. The summed E-state index contributed by atoms with van der Waals surface area (Å²) < 4.78 is 14.6. The maximum absolute atomic E-state index is 13.2. The predicted molar refractivity (Wildman–Crippen MR) is 108 cm³/mol. The first-order valence-corrected chi connectivity index (χ1v) is 9.21. The number of carbonyl (C=O) groups is 4. The number of ether oxygens (including phenoxy) is 3. The van der Waals surface area contributed by atoms with Gasteiger partial charge in [0.25, 0.3) is 5.91 Å². The van der Waals surface area contributed by atoms with Crippen molar-refractivity contribution >= 4 is 23.9 Å². The zero-order valence-corrected chi connectivity index (χ0v) is 18.2. The Morgan fingerprint density at radius 2 is 1.61 bits per heavy atom. The Labute approximate surface area is 179 Å². The number of amides is 2. The van der Waals surface area contributed by atoms with E-state index in [2.05, 4.69) is 15.5 Å². The molecule has 0 unspecified atom stereocenters. The molecule has 0 radical (unpaired) electrons. The van der Waals surface area contributed by atoms with Gasteiger partial charge >= 0.3 is 18.0 Å². The van der Waals surface area contributed by atoms with Gasteiger partial charge in [0.15, 0.2) is 0 Å². The molecule has 0 saturated heterocycles. The first-order valence-electron chi connectivity index (χ1n) is 9.21. The quantitative estimate of drug-likeness (QED) is 0.478. The van der Waals surface area contributed by atoms with Crippen molar-refractivity contribution in [3.05, 3.63) is 47.2 Å². The molecule has 1 aromatic carbocycles. The van der Waals surface area contributed by atoms with Crippen molar-refractivity contribution in [1.29, 1.82) is 0 Å². The molecule has 31 heavy (non-hydrogen) atoms. The molecular formula is C20H26N4O7. The lowest BCUT2D eigenvalue weighted by molar-refractivity contribution is -0.154. The summed E-state index contributed by atoms with van der Waals surface area (Å²) in [6.07, 6.45) is -1.94. The molecule has 0 spiro atoms. The molecule has 2 atom stereocenters. The van der Waals surface area contributed by atoms with Crippen LogP contribution in [0.5, 0.6) is 0 Å². The highest BCUT2D eigenvalue weighted by Gasteiger charge is 2.63. The minimum absolute atomic E-state index is 0.162. The molecule has 2 N–H and O–H groups in total. The third-order valence-corrected chi connectivity index (χ3v) is 4.88. The average Bonchev–Trinajstić information content (AvgIpc) is 3.01. The third kappa shape index (κ3) is 4.17. The van der Waals surface area contributed by atoms with E-state index in [1.54, 1.807) is 44.4 Å². The number of esters is 2. The summed E-state index contributed by atoms with van der Waals surface area (Å²) in [7, 11) is 6.66. The molecule has 2 rings (SSSR count). The van der Waals surface area contributed by atoms with Crippen molar-refractivity contribution in [1.82, 2.24) is 20.7 Å². The van der Waals surface area contributed by atoms with Crippen LogP contribution >= 0.6 is 0 Å². The summed E-state index contributed by atoms with van der Waals surface area (Å²) in [4.78, 5) is 52.7. The Hall–Kier alpha value is -3.60. The fourth-order valence-electron chi connectivity index (χ4n) is 3.62. The van der Waals surface area contributed by atoms with E-state index in [1.807, 2.05) is 0 Å². The Bertz CT molecular complexity index is 900. The number of nitrogens with zero attached hydrogens (tertiary/aromatic N) is 2. The number of hydrazine groups is 1. The lowest BCUT2D eigenvalue weighted by Gasteiger charge is -2.41. The summed E-state index contributed by atoms with van der Waals surface area (Å²) in [6, 6.07) is 8.16. The molecule has 11 heteroatoms. The number of hydrogen-bond acceptors (Lipinski definition) is 9. The second-order valence-electron chi connectivity index (χ2n) is 6.88. The highest BCUT2D eigenvalue weighted by molar-refractivity contribution is 6.07. The lowest BCUT2D eigenvalue weighted by atomic mass is 9.87. The molecule has 1 aliphatic heterocycles. The van der Waals surface area contributed by atoms with Gasteiger partial charge in [0.05, 0.1) is 26.9 Å². The van der Waals surface area contributed by atoms with E-state index in [0.29, 0.717) is 0 Å². The second kappa shape index (κ2) is 9.47. The zero-order valence-electron chi connectivity index (χ0n) is 18.2. The van der Waals surface area contributed by atoms with Crippen LogP contribution in [0.4, 0.5) is 4.79 Å². The van der Waals surface area contributed by atoms with Gasteiger partial charge in [-0.15, -0.1) is 0 Å². The topological polar surface area (TPSA) is 127 Å². The van der Waals surface area contributed by atoms with Crippen LogP contribution in [0.1, 0.15) is 17.3 Å². The third-order valence-electron chi connectivity index (χ3n) is 4.88. The van der Waals surface area contributed by atoms with Crippen molar-refractivity contribution in [3.8, 4) is 0 Å². The molecule has 1 heterocycles. The van der Waals surface area contributed by atoms with Gasteiger partial charge in [0.1, 0.15) is 6.17 Å². The Morgan fingerprint density at radius 3 is 2.10 bits per heavy atom. The Morgan fingerprint density at radius 1 is 1.00 bits per heavy atom. The highest BCUT2D eigenvalue weighted by Crippen LogP contribution is 2.39. The first-order chi connectivity index (χ1) is 14.6. The number of allylic oxidation sites excluding steroid dienone is 1. The van der Waals surface area contributed by atoms with E-state index in [-0.39, 0.29) is 16.8 Å². The summed E-state index contributed by atoms with van der Waals surface area (Å²) in [5.74, 6) is -2.44. The van der Waals surface area contributed by atoms with Crippen LogP contribution in [0.2, 0.25) is 0 Å². The van der Waals surface area contributed by atoms with E-state index in [4.69, 9.17) is 9.47 Å². The van der Waals surface area contributed by atoms with Gasteiger partial charge in [-0.25, -0.2) is 19.8 Å². The normalized spacial score (nSPS) is 20.4. The smallest absolute Gasteiger partial charge is 0.425 e. The molecule has 2 amide bonds. The van der Waals surface area contributed by atoms with Crippen LogP contribution in [0, 0.1) is 0 Å². The number of hydrogen-bond donors (Lipinski definition) is 2. The van der Waals surface area contributed by atoms with Crippen LogP contribution in [-0.4, -0.2) is 81.0 Å². The van der Waals surface area contributed by atoms with Crippen molar-refractivity contribution in [2.24, 2.45) is 0 Å². The van der Waals surface area contributed by atoms with Gasteiger partial charge in [-0.3, -0.25) is 14.7 Å². The lowest BCUT2D eigenvalue weighted by Crippen LogP contribution is -2.70. The van der Waals surface area contributed by atoms with Gasteiger partial charge in [0.2, 0.25) is 5.54 Å². The summed E-state index contributed by atoms with van der Waals surface area (Å²) >= 11 is 0. The van der Waals surface area contributed by atoms with Gasteiger partial charge in [-0.05, 0) is 33.2 Å². The molecule has 11 nitrogen and oxygen atoms in total. The van der Waals surface area contributed by atoms with Crippen molar-refractivity contribution < 1.29 is 33.4 Å². The number of benzene rings is 1. The van der Waals surface area contributed by atoms with Crippen molar-refractivity contribution in [2.45, 2.75) is 18.6 Å². The predicted octanol–water partition coefficient (Wildman–Crippen LogP) is 0.250. The molecule has 0 aromatic heterocycles. The van der Waals surface area contributed by atoms with Crippen molar-refractivity contribution in [2.75, 3.05) is 35.4 Å². The van der Waals surface area contributed by atoms with E-state index in [0.717, 1.165) is 14.2 Å². The fraction of sp³-hybridized carbons (Fsp3) is 0.400. The molecule has 0 bridgehead atoms. The van der Waals surface area contributed by atoms with Gasteiger partial charge < -0.3 is 19.5 Å². The maximum Gasteiger partial charge on any atom is 0.425 e. The van der Waals surface area contributed by atoms with E-state index < -0.39 is 35.6 Å². The van der Waals surface area contributed by atoms with E-state index in [9.17, 15) is 19.2 Å². The zero-order chi connectivity index (χ0) is 23.3. The number of likely N-dealkylation sites (N-methyl/N-ethyl adjacent to an activating group) is 1. The maximum atomic E-state index is 13.2. The van der Waals surface area contributed by atoms with Crippen LogP contribution in [0.3, 0.4) is 0 Å². The van der Waals surface area contributed by atoms with E-state index in [1.165, 1.54) is 23.9 Å². The molecule has 168 valence electrons. The minimum Gasteiger partial charge on any atom is -0.467 e. The number of nitrogens with one attached hydrogen (secondary N) is 2. The van der Waals surface area contributed by atoms with Gasteiger partial charge in [0, 0.05) is 11.3 Å². The molecule has 0 saturated carbocycles. The van der Waals surface area contributed by atoms with Crippen molar-refractivity contribution in [3.63, 3.8) is 0 Å². The average molecular weight is 434 g/mol. The molecule has 1 aromatic rings. The van der Waals surface area contributed by atoms with Crippen LogP contribution in [0.15, 0.2) is 41.6 Å². The summed E-state index contributed by atoms with van der Waals surface area (Å²) in [5.41, 5.74) is 0.656. The SMILES string of the molecule is COC(=O)NN1C(C)=C(C(=O)OC)[C@@](NC(=O)c2ccccc2)(C(=O)OC)[C@H]1N(C)C. The molecule has 0 fully saturated rings. The highest BCUT2D eigenvalue weighted by atomic mass is 16.5. The summed E-state index contributed by atoms with van der Waals surface area (Å²) in [5, 5.41) is 3.91. The van der Waals surface area contributed by atoms with E-state index >= 15 is 0 Å². The summed E-state index contributed by atoms with van der Waals surface area (Å²) in [6.45, 7) is 1.50. The number of carbonyl (C=O) groups excluding carboxylic acids is 4. The monoisotopic (exact) mass is 434 g/mol. The molecule has 1 aliphatic rings.